The summed E-state index contributed by atoms with van der Waals surface area (Å²) in [6.07, 6.45) is 4.64. The van der Waals surface area contributed by atoms with Crippen LogP contribution in [0, 0.1) is 0 Å². The van der Waals surface area contributed by atoms with Crippen molar-refractivity contribution in [3.8, 4) is 0 Å². The minimum Gasteiger partial charge on any atom is -0.344 e. The molecule has 88 valence electrons. The summed E-state index contributed by atoms with van der Waals surface area (Å²) in [4.78, 5) is 24.1. The Morgan fingerprint density at radius 3 is 2.75 bits per heavy atom. The monoisotopic (exact) mass is 240 g/mol. The van der Waals surface area contributed by atoms with E-state index in [-0.39, 0.29) is 28.1 Å². The Hall–Kier alpha value is -0.970. The van der Waals surface area contributed by atoms with Crippen molar-refractivity contribution in [2.24, 2.45) is 0 Å². The molecule has 2 rings (SSSR count). The van der Waals surface area contributed by atoms with E-state index in [0.717, 1.165) is 0 Å². The van der Waals surface area contributed by atoms with Gasteiger partial charge in [0.05, 0.1) is 6.04 Å². The molecule has 0 aliphatic carbocycles. The van der Waals surface area contributed by atoms with Crippen LogP contribution in [-0.2, 0) is 9.59 Å². The predicted molar refractivity (Wildman–Crippen MR) is 63.9 cm³/mol. The van der Waals surface area contributed by atoms with Crippen molar-refractivity contribution in [2.45, 2.75) is 43.0 Å². The third-order valence-electron chi connectivity index (χ3n) is 3.14. The second-order valence-electron chi connectivity index (χ2n) is 4.59. The van der Waals surface area contributed by atoms with Gasteiger partial charge in [-0.1, -0.05) is 12.2 Å². The van der Waals surface area contributed by atoms with Crippen LogP contribution < -0.4 is 5.32 Å². The average molecular weight is 240 g/mol. The number of nitrogens with one attached hydrogen (secondary N) is 1. The molecule has 2 saturated heterocycles. The summed E-state index contributed by atoms with van der Waals surface area (Å²) >= 11 is 1.75. The van der Waals surface area contributed by atoms with Crippen LogP contribution in [-0.4, -0.2) is 39.4 Å². The highest BCUT2D eigenvalue weighted by molar-refractivity contribution is 8.01. The third kappa shape index (κ3) is 1.45. The van der Waals surface area contributed by atoms with Crippen molar-refractivity contribution in [1.29, 1.82) is 0 Å². The van der Waals surface area contributed by atoms with Crippen LogP contribution in [0.3, 0.4) is 0 Å². The van der Waals surface area contributed by atoms with Crippen molar-refractivity contribution >= 4 is 24.1 Å². The molecule has 5 heteroatoms. The first-order valence-electron chi connectivity index (χ1n) is 5.35. The molecule has 0 unspecified atom stereocenters. The Bertz CT molecular complexity index is 354. The van der Waals surface area contributed by atoms with Gasteiger partial charge in [0.15, 0.2) is 0 Å². The molecule has 0 radical (unpaired) electrons. The number of fused-ring (bicyclic) bond motifs is 1. The van der Waals surface area contributed by atoms with Gasteiger partial charge in [0.25, 0.3) is 0 Å². The highest BCUT2D eigenvalue weighted by Gasteiger charge is 2.60. The van der Waals surface area contributed by atoms with E-state index in [4.69, 9.17) is 0 Å². The summed E-state index contributed by atoms with van der Waals surface area (Å²) in [5, 5.41) is 2.68. The summed E-state index contributed by atoms with van der Waals surface area (Å²) < 4.78 is 0.00610. The minimum atomic E-state index is -0.336. The summed E-state index contributed by atoms with van der Waals surface area (Å²) in [5.74, 6) is 0.0262. The summed E-state index contributed by atoms with van der Waals surface area (Å²) in [6, 6.07) is -0.207. The molecule has 3 atom stereocenters. The SMILES string of the molecule is CC=C[C@@H]1N2C(=O)[C@@H](NC=O)[C@H]2SC1(C)C. The molecule has 2 amide bonds. The number of nitrogens with zero attached hydrogens (tertiary/aromatic N) is 1. The van der Waals surface area contributed by atoms with Crippen LogP contribution in [0.5, 0.6) is 0 Å². The summed E-state index contributed by atoms with van der Waals surface area (Å²) in [5.41, 5.74) is 0. The number of rotatable bonds is 3. The van der Waals surface area contributed by atoms with Gasteiger partial charge in [-0.3, -0.25) is 9.59 Å². The van der Waals surface area contributed by atoms with Gasteiger partial charge in [-0.15, -0.1) is 11.8 Å². The highest BCUT2D eigenvalue weighted by atomic mass is 32.2. The molecule has 0 spiro atoms. The van der Waals surface area contributed by atoms with Crippen LogP contribution in [0.4, 0.5) is 0 Å². The molecule has 1 N–H and O–H groups in total. The summed E-state index contributed by atoms with van der Waals surface area (Å²) in [6.45, 7) is 6.22. The molecule has 0 aromatic carbocycles. The van der Waals surface area contributed by atoms with E-state index < -0.39 is 0 Å². The smallest absolute Gasteiger partial charge is 0.249 e. The van der Waals surface area contributed by atoms with Gasteiger partial charge < -0.3 is 10.2 Å². The second kappa shape index (κ2) is 3.80. The largest absolute Gasteiger partial charge is 0.344 e. The Balaban J connectivity index is 2.21. The molecule has 2 aliphatic heterocycles. The normalized spacial score (nSPS) is 36.1. The third-order valence-corrected chi connectivity index (χ3v) is 4.73. The molecular weight excluding hydrogens is 224 g/mol. The van der Waals surface area contributed by atoms with Gasteiger partial charge in [-0.25, -0.2) is 0 Å². The fourth-order valence-corrected chi connectivity index (χ4v) is 3.99. The Labute approximate surface area is 99.4 Å². The molecule has 2 fully saturated rings. The highest BCUT2D eigenvalue weighted by Crippen LogP contribution is 2.50. The maximum absolute atomic E-state index is 11.9. The number of β-lactam (4-membered cyclic amide) rings is 1. The summed E-state index contributed by atoms with van der Waals surface area (Å²) in [7, 11) is 0. The zero-order valence-corrected chi connectivity index (χ0v) is 10.5. The van der Waals surface area contributed by atoms with Gasteiger partial charge in [0.1, 0.15) is 11.4 Å². The van der Waals surface area contributed by atoms with Crippen molar-refractivity contribution in [2.75, 3.05) is 0 Å². The lowest BCUT2D eigenvalue weighted by Crippen LogP contribution is -2.68. The van der Waals surface area contributed by atoms with Crippen molar-refractivity contribution < 1.29 is 9.59 Å². The van der Waals surface area contributed by atoms with E-state index in [1.165, 1.54) is 0 Å². The van der Waals surface area contributed by atoms with E-state index in [1.54, 1.807) is 11.8 Å². The van der Waals surface area contributed by atoms with E-state index in [2.05, 4.69) is 25.2 Å². The first kappa shape index (κ1) is 11.5. The molecule has 0 bridgehead atoms. The number of carbonyl (C=O) groups excluding carboxylic acids is 2. The number of amides is 2. The lowest BCUT2D eigenvalue weighted by Gasteiger charge is -2.43. The Kier molecular flexibility index (Phi) is 2.74. The first-order chi connectivity index (χ1) is 7.53. The number of hydrogen-bond donors (Lipinski definition) is 1. The Morgan fingerprint density at radius 2 is 2.19 bits per heavy atom. The average Bonchev–Trinajstić information content (AvgIpc) is 2.46. The first-order valence-corrected chi connectivity index (χ1v) is 6.23. The maximum Gasteiger partial charge on any atom is 0.249 e. The van der Waals surface area contributed by atoms with Gasteiger partial charge in [0, 0.05) is 4.75 Å². The molecule has 2 heterocycles. The van der Waals surface area contributed by atoms with Crippen molar-refractivity contribution in [3.63, 3.8) is 0 Å². The van der Waals surface area contributed by atoms with E-state index in [1.807, 2.05) is 17.9 Å². The zero-order valence-electron chi connectivity index (χ0n) is 9.64. The minimum absolute atomic E-state index is 0.00610. The number of carbonyl (C=O) groups is 2. The maximum atomic E-state index is 11.9. The molecule has 2 aliphatic rings. The fourth-order valence-electron chi connectivity index (χ4n) is 2.36. The standard InChI is InChI=1S/C11H16N2O2S/c1-4-5-7-11(2,3)16-10-8(12-6-14)9(15)13(7)10/h4-8,10H,1-3H3,(H,12,14)/t7-,8+,10+/m0/s1. The number of allylic oxidation sites excluding steroid dienone is 1. The van der Waals surface area contributed by atoms with Crippen molar-refractivity contribution in [3.05, 3.63) is 12.2 Å². The molecule has 0 aromatic heterocycles. The topological polar surface area (TPSA) is 49.4 Å². The van der Waals surface area contributed by atoms with Gasteiger partial charge in [0.2, 0.25) is 12.3 Å². The van der Waals surface area contributed by atoms with Crippen LogP contribution in [0.15, 0.2) is 12.2 Å². The van der Waals surface area contributed by atoms with E-state index in [0.29, 0.717) is 6.41 Å². The lowest BCUT2D eigenvalue weighted by atomic mass is 9.96. The van der Waals surface area contributed by atoms with Gasteiger partial charge in [-0.2, -0.15) is 0 Å². The quantitative estimate of drug-likeness (QED) is 0.450. The zero-order chi connectivity index (χ0) is 11.9. The van der Waals surface area contributed by atoms with Crippen LogP contribution in [0.1, 0.15) is 20.8 Å². The van der Waals surface area contributed by atoms with Crippen LogP contribution in [0.25, 0.3) is 0 Å². The van der Waals surface area contributed by atoms with Gasteiger partial charge >= 0.3 is 0 Å². The fraction of sp³-hybridized carbons (Fsp3) is 0.636. The van der Waals surface area contributed by atoms with Gasteiger partial charge in [-0.05, 0) is 20.8 Å². The van der Waals surface area contributed by atoms with Crippen molar-refractivity contribution in [1.82, 2.24) is 10.2 Å². The van der Waals surface area contributed by atoms with E-state index >= 15 is 0 Å². The number of thioether (sulfide) groups is 1. The van der Waals surface area contributed by atoms with E-state index in [9.17, 15) is 9.59 Å². The number of hydrogen-bond acceptors (Lipinski definition) is 3. The molecule has 16 heavy (non-hydrogen) atoms. The predicted octanol–water partition coefficient (Wildman–Crippen LogP) is 0.739. The molecule has 0 aromatic rings. The molecule has 4 nitrogen and oxygen atoms in total. The molecule has 0 saturated carbocycles. The molecular formula is C11H16N2O2S. The second-order valence-corrected chi connectivity index (χ2v) is 6.36. The van der Waals surface area contributed by atoms with Crippen LogP contribution in [0.2, 0.25) is 0 Å². The van der Waals surface area contributed by atoms with Crippen LogP contribution >= 0.6 is 11.8 Å². The Morgan fingerprint density at radius 1 is 1.50 bits per heavy atom. The lowest BCUT2D eigenvalue weighted by molar-refractivity contribution is -0.148.